The fourth-order valence-corrected chi connectivity index (χ4v) is 4.38. The van der Waals surface area contributed by atoms with Crippen LogP contribution in [0, 0.1) is 5.82 Å². The standard InChI is InChI=1S/C22H20FN3O/c23-17-9-3-4-10-20(17)26-19-11-5-8-16(19)21(25-26)22(27)24-18-13-12-14-6-1-2-7-15(14)18/h1-4,6-7,9-10,18H,5,8,11-13H2,(H,24,27). The number of aryl methyl sites for hydroxylation is 1. The Morgan fingerprint density at radius 1 is 1.07 bits per heavy atom. The normalized spacial score (nSPS) is 17.6. The first-order valence-corrected chi connectivity index (χ1v) is 9.46. The molecule has 0 bridgehead atoms. The number of para-hydroxylation sites is 1. The number of carbonyl (C=O) groups excluding carboxylic acids is 1. The lowest BCUT2D eigenvalue weighted by Gasteiger charge is -2.13. The molecule has 3 aromatic rings. The molecule has 0 radical (unpaired) electrons. The molecule has 4 nitrogen and oxygen atoms in total. The highest BCUT2D eigenvalue weighted by Gasteiger charge is 2.30. The third-order valence-corrected chi connectivity index (χ3v) is 5.66. The maximum absolute atomic E-state index is 14.3. The monoisotopic (exact) mass is 361 g/mol. The Morgan fingerprint density at radius 3 is 2.78 bits per heavy atom. The molecular formula is C22H20FN3O. The third-order valence-electron chi connectivity index (χ3n) is 5.66. The number of hydrogen-bond donors (Lipinski definition) is 1. The van der Waals surface area contributed by atoms with Crippen molar-refractivity contribution in [3.8, 4) is 5.69 Å². The molecule has 27 heavy (non-hydrogen) atoms. The molecule has 1 amide bonds. The van der Waals surface area contributed by atoms with Gasteiger partial charge in [-0.1, -0.05) is 36.4 Å². The van der Waals surface area contributed by atoms with Gasteiger partial charge in [0, 0.05) is 11.3 Å². The molecule has 1 unspecified atom stereocenters. The second kappa shape index (κ2) is 6.34. The van der Waals surface area contributed by atoms with Gasteiger partial charge in [-0.25, -0.2) is 9.07 Å². The van der Waals surface area contributed by atoms with E-state index in [1.54, 1.807) is 22.9 Å². The number of halogens is 1. The highest BCUT2D eigenvalue weighted by molar-refractivity contribution is 5.94. The van der Waals surface area contributed by atoms with Gasteiger partial charge in [0.1, 0.15) is 11.5 Å². The fourth-order valence-electron chi connectivity index (χ4n) is 4.38. The summed E-state index contributed by atoms with van der Waals surface area (Å²) in [5.41, 5.74) is 5.25. The van der Waals surface area contributed by atoms with E-state index >= 15 is 0 Å². The molecule has 2 aliphatic carbocycles. The molecule has 1 N–H and O–H groups in total. The first-order chi connectivity index (χ1) is 13.2. The summed E-state index contributed by atoms with van der Waals surface area (Å²) in [6.07, 6.45) is 4.47. The highest BCUT2D eigenvalue weighted by atomic mass is 19.1. The molecule has 5 heteroatoms. The van der Waals surface area contributed by atoms with Crippen LogP contribution in [-0.2, 0) is 19.3 Å². The lowest BCUT2D eigenvalue weighted by molar-refractivity contribution is 0.0930. The van der Waals surface area contributed by atoms with Crippen molar-refractivity contribution in [3.63, 3.8) is 0 Å². The maximum Gasteiger partial charge on any atom is 0.272 e. The van der Waals surface area contributed by atoms with Crippen LogP contribution in [0.3, 0.4) is 0 Å². The molecule has 1 heterocycles. The SMILES string of the molecule is O=C(NC1CCc2ccccc21)c1nn(-c2ccccc2F)c2c1CCC2. The number of hydrogen-bond acceptors (Lipinski definition) is 2. The van der Waals surface area contributed by atoms with Crippen LogP contribution < -0.4 is 5.32 Å². The van der Waals surface area contributed by atoms with Crippen LogP contribution in [-0.4, -0.2) is 15.7 Å². The number of benzene rings is 2. The zero-order valence-corrected chi connectivity index (χ0v) is 14.9. The van der Waals surface area contributed by atoms with E-state index in [1.165, 1.54) is 17.2 Å². The molecule has 0 aliphatic heterocycles. The number of fused-ring (bicyclic) bond motifs is 2. The van der Waals surface area contributed by atoms with E-state index in [4.69, 9.17) is 0 Å². The quantitative estimate of drug-likeness (QED) is 0.769. The Labute approximate surface area is 157 Å². The number of carbonyl (C=O) groups is 1. The van der Waals surface area contributed by atoms with E-state index in [-0.39, 0.29) is 17.8 Å². The number of nitrogens with one attached hydrogen (secondary N) is 1. The lowest BCUT2D eigenvalue weighted by atomic mass is 10.1. The van der Waals surface area contributed by atoms with Gasteiger partial charge in [0.2, 0.25) is 0 Å². The zero-order valence-electron chi connectivity index (χ0n) is 14.9. The maximum atomic E-state index is 14.3. The van der Waals surface area contributed by atoms with Crippen molar-refractivity contribution in [1.82, 2.24) is 15.1 Å². The topological polar surface area (TPSA) is 46.9 Å². The van der Waals surface area contributed by atoms with E-state index in [2.05, 4.69) is 22.5 Å². The Morgan fingerprint density at radius 2 is 1.89 bits per heavy atom. The number of nitrogens with zero attached hydrogens (tertiary/aromatic N) is 2. The number of rotatable bonds is 3. The van der Waals surface area contributed by atoms with Crippen molar-refractivity contribution in [2.45, 2.75) is 38.1 Å². The van der Waals surface area contributed by atoms with Crippen LogP contribution >= 0.6 is 0 Å². The van der Waals surface area contributed by atoms with Crippen molar-refractivity contribution in [1.29, 1.82) is 0 Å². The Bertz CT molecular complexity index is 1040. The van der Waals surface area contributed by atoms with Gasteiger partial charge >= 0.3 is 0 Å². The predicted octanol–water partition coefficient (Wildman–Crippen LogP) is 3.92. The van der Waals surface area contributed by atoms with E-state index in [0.29, 0.717) is 11.4 Å². The second-order valence-electron chi connectivity index (χ2n) is 7.25. The van der Waals surface area contributed by atoms with Crippen molar-refractivity contribution in [2.75, 3.05) is 0 Å². The van der Waals surface area contributed by atoms with E-state index in [9.17, 15) is 9.18 Å². The molecular weight excluding hydrogens is 341 g/mol. The summed E-state index contributed by atoms with van der Waals surface area (Å²) >= 11 is 0. The van der Waals surface area contributed by atoms with Crippen LogP contribution in [0.2, 0.25) is 0 Å². The molecule has 0 saturated heterocycles. The molecule has 0 fully saturated rings. The summed E-state index contributed by atoms with van der Waals surface area (Å²) in [6, 6.07) is 14.8. The summed E-state index contributed by atoms with van der Waals surface area (Å²) in [5, 5.41) is 7.68. The molecule has 0 saturated carbocycles. The lowest BCUT2D eigenvalue weighted by Crippen LogP contribution is -2.28. The van der Waals surface area contributed by atoms with Gasteiger partial charge in [0.25, 0.3) is 5.91 Å². The zero-order chi connectivity index (χ0) is 18.4. The van der Waals surface area contributed by atoms with E-state index in [0.717, 1.165) is 43.4 Å². The minimum atomic E-state index is -0.327. The molecule has 1 aromatic heterocycles. The largest absolute Gasteiger partial charge is 0.344 e. The van der Waals surface area contributed by atoms with Gasteiger partial charge in [0.15, 0.2) is 5.69 Å². The van der Waals surface area contributed by atoms with Crippen molar-refractivity contribution < 1.29 is 9.18 Å². The summed E-state index contributed by atoms with van der Waals surface area (Å²) in [5.74, 6) is -0.490. The van der Waals surface area contributed by atoms with E-state index < -0.39 is 0 Å². The third kappa shape index (κ3) is 2.65. The van der Waals surface area contributed by atoms with Crippen molar-refractivity contribution >= 4 is 5.91 Å². The van der Waals surface area contributed by atoms with E-state index in [1.807, 2.05) is 12.1 Å². The van der Waals surface area contributed by atoms with Gasteiger partial charge in [-0.2, -0.15) is 5.10 Å². The van der Waals surface area contributed by atoms with Crippen LogP contribution in [0.1, 0.15) is 51.8 Å². The molecule has 1 atom stereocenters. The van der Waals surface area contributed by atoms with Gasteiger partial charge in [-0.05, 0) is 55.4 Å². The Hall–Kier alpha value is -2.95. The minimum Gasteiger partial charge on any atom is -0.344 e. The molecule has 5 rings (SSSR count). The molecule has 136 valence electrons. The molecule has 2 aliphatic rings. The van der Waals surface area contributed by atoms with Gasteiger partial charge in [-0.15, -0.1) is 0 Å². The van der Waals surface area contributed by atoms with Gasteiger partial charge in [-0.3, -0.25) is 4.79 Å². The Kier molecular flexibility index (Phi) is 3.81. The van der Waals surface area contributed by atoms with Gasteiger partial charge < -0.3 is 5.32 Å². The second-order valence-corrected chi connectivity index (χ2v) is 7.25. The van der Waals surface area contributed by atoms with Crippen LogP contribution in [0.25, 0.3) is 5.69 Å². The van der Waals surface area contributed by atoms with Crippen molar-refractivity contribution in [2.24, 2.45) is 0 Å². The summed E-state index contributed by atoms with van der Waals surface area (Å²) in [6.45, 7) is 0. The Balaban J connectivity index is 1.49. The van der Waals surface area contributed by atoms with Crippen LogP contribution in [0.5, 0.6) is 0 Å². The first-order valence-electron chi connectivity index (χ1n) is 9.46. The average molecular weight is 361 g/mol. The summed E-state index contributed by atoms with van der Waals surface area (Å²) in [7, 11) is 0. The smallest absolute Gasteiger partial charge is 0.272 e. The number of aromatic nitrogens is 2. The first kappa shape index (κ1) is 16.2. The number of amides is 1. The highest BCUT2D eigenvalue weighted by Crippen LogP contribution is 2.32. The van der Waals surface area contributed by atoms with Crippen LogP contribution in [0.4, 0.5) is 4.39 Å². The minimum absolute atomic E-state index is 0.0179. The molecule has 2 aromatic carbocycles. The summed E-state index contributed by atoms with van der Waals surface area (Å²) < 4.78 is 15.9. The van der Waals surface area contributed by atoms with Gasteiger partial charge in [0.05, 0.1) is 6.04 Å². The average Bonchev–Trinajstić information content (AvgIpc) is 3.38. The summed E-state index contributed by atoms with van der Waals surface area (Å²) in [4.78, 5) is 13.0. The van der Waals surface area contributed by atoms with Crippen molar-refractivity contribution in [3.05, 3.63) is 82.4 Å². The van der Waals surface area contributed by atoms with Crippen LogP contribution in [0.15, 0.2) is 48.5 Å². The predicted molar refractivity (Wildman–Crippen MR) is 101 cm³/mol. The fraction of sp³-hybridized carbons (Fsp3) is 0.273. The molecule has 0 spiro atoms.